The predicted octanol–water partition coefficient (Wildman–Crippen LogP) is 3.88. The molecule has 26 heavy (non-hydrogen) atoms. The zero-order valence-corrected chi connectivity index (χ0v) is 16.0. The summed E-state index contributed by atoms with van der Waals surface area (Å²) in [7, 11) is -1.13. The molecule has 0 bridgehead atoms. The largest absolute Gasteiger partial charge is 0.390 e. The maximum absolute atomic E-state index is 14.5. The van der Waals surface area contributed by atoms with Gasteiger partial charge in [0.05, 0.1) is 12.3 Å². The highest BCUT2D eigenvalue weighted by Gasteiger charge is 2.15. The van der Waals surface area contributed by atoms with E-state index in [1.54, 1.807) is 19.1 Å². The minimum Gasteiger partial charge on any atom is -0.390 e. The third-order valence-corrected chi connectivity index (χ3v) is 4.25. The van der Waals surface area contributed by atoms with E-state index in [4.69, 9.17) is 0 Å². The van der Waals surface area contributed by atoms with Gasteiger partial charge in [-0.3, -0.25) is 4.21 Å². The highest BCUT2D eigenvalue weighted by Crippen LogP contribution is 2.23. The van der Waals surface area contributed by atoms with Gasteiger partial charge in [-0.15, -0.1) is 0 Å². The van der Waals surface area contributed by atoms with E-state index in [2.05, 4.69) is 11.2 Å². The molecule has 0 spiro atoms. The van der Waals surface area contributed by atoms with Crippen LogP contribution in [-0.2, 0) is 23.8 Å². The molecule has 0 saturated carbocycles. The molecule has 0 aliphatic carbocycles. The van der Waals surface area contributed by atoms with Crippen LogP contribution in [0.25, 0.3) is 5.70 Å². The number of halogens is 1. The molecule has 1 heterocycles. The van der Waals surface area contributed by atoms with Gasteiger partial charge in [0.25, 0.3) is 0 Å². The van der Waals surface area contributed by atoms with E-state index in [9.17, 15) is 13.7 Å². The number of aromatic nitrogens is 2. The fourth-order valence-corrected chi connectivity index (χ4v) is 2.86. The van der Waals surface area contributed by atoms with Crippen LogP contribution in [0, 0.1) is 6.92 Å². The van der Waals surface area contributed by atoms with Crippen molar-refractivity contribution in [3.8, 4) is 0 Å². The molecule has 1 unspecified atom stereocenters. The van der Waals surface area contributed by atoms with Gasteiger partial charge in [-0.1, -0.05) is 35.9 Å². The predicted molar refractivity (Wildman–Crippen MR) is 104 cm³/mol. The summed E-state index contributed by atoms with van der Waals surface area (Å²) in [5.41, 5.74) is 3.66. The molecule has 2 aromatic rings. The van der Waals surface area contributed by atoms with Crippen LogP contribution in [0.5, 0.6) is 0 Å². The van der Waals surface area contributed by atoms with Gasteiger partial charge in [0.2, 0.25) is 0 Å². The number of rotatable bonds is 7. The van der Waals surface area contributed by atoms with Gasteiger partial charge in [-0.2, -0.15) is 5.10 Å². The second-order valence-electron chi connectivity index (χ2n) is 5.88. The fraction of sp³-hybridized carbons (Fsp3) is 0.250. The lowest BCUT2D eigenvalue weighted by Crippen LogP contribution is -2.06. The summed E-state index contributed by atoms with van der Waals surface area (Å²) in [6.45, 7) is 3.38. The number of aliphatic hydroxyl groups excluding tert-OH is 1. The van der Waals surface area contributed by atoms with Crippen molar-refractivity contribution in [2.45, 2.75) is 26.9 Å². The van der Waals surface area contributed by atoms with Crippen molar-refractivity contribution < 1.29 is 13.7 Å². The number of hydrogen-bond donors (Lipinski definition) is 1. The first-order chi connectivity index (χ1) is 12.4. The molecule has 1 aromatic carbocycles. The van der Waals surface area contributed by atoms with Crippen molar-refractivity contribution >= 4 is 16.5 Å². The van der Waals surface area contributed by atoms with E-state index in [1.165, 1.54) is 28.5 Å². The van der Waals surface area contributed by atoms with Gasteiger partial charge < -0.3 is 5.11 Å². The topological polar surface area (TPSA) is 55.1 Å². The molecule has 4 nitrogen and oxygen atoms in total. The lowest BCUT2D eigenvalue weighted by molar-refractivity contribution is 0.276. The third-order valence-electron chi connectivity index (χ3n) is 3.71. The summed E-state index contributed by atoms with van der Waals surface area (Å²) >= 11 is 0. The van der Waals surface area contributed by atoms with Gasteiger partial charge in [0.15, 0.2) is 0 Å². The highest BCUT2D eigenvalue weighted by molar-refractivity contribution is 7.87. The van der Waals surface area contributed by atoms with Crippen LogP contribution in [-0.4, -0.2) is 25.4 Å². The summed E-state index contributed by atoms with van der Waals surface area (Å²) < 4.78 is 27.2. The Morgan fingerprint density at radius 2 is 2.15 bits per heavy atom. The standard InChI is InChI=1S/C20H23FN2O2S/c1-4-19(21)20(9-6-10-26(3)25)23-18(13-17(14-24)22-23)12-16-8-5-7-15(2)11-16/h4-11,13,24H,12,14H2,1-3H3/b10-6+,19-4+,20-9+. The quantitative estimate of drug-likeness (QED) is 0.748. The summed E-state index contributed by atoms with van der Waals surface area (Å²) in [5.74, 6) is -0.449. The smallest absolute Gasteiger partial charge is 0.144 e. The molecule has 0 amide bonds. The van der Waals surface area contributed by atoms with Crippen molar-refractivity contribution in [2.24, 2.45) is 0 Å². The lowest BCUT2D eigenvalue weighted by atomic mass is 10.1. The van der Waals surface area contributed by atoms with E-state index in [0.29, 0.717) is 12.1 Å². The molecule has 0 saturated heterocycles. The van der Waals surface area contributed by atoms with Crippen LogP contribution >= 0.6 is 0 Å². The number of aryl methyl sites for hydroxylation is 1. The third kappa shape index (κ3) is 5.34. The summed E-state index contributed by atoms with van der Waals surface area (Å²) in [6, 6.07) is 9.81. The minimum absolute atomic E-state index is 0.229. The van der Waals surface area contributed by atoms with Gasteiger partial charge in [-0.05, 0) is 37.6 Å². The molecule has 2 rings (SSSR count). The number of benzene rings is 1. The molecule has 138 valence electrons. The molecular formula is C20H23FN2O2S. The van der Waals surface area contributed by atoms with Crippen molar-refractivity contribution in [1.29, 1.82) is 0 Å². The SMILES string of the molecule is C\C=C(F)/C(=C\C=C\S(C)=O)n1nc(CO)cc1Cc1cccc(C)c1. The average Bonchev–Trinajstić information content (AvgIpc) is 3.00. The number of allylic oxidation sites excluding steroid dienone is 5. The molecule has 0 aliphatic heterocycles. The molecule has 6 heteroatoms. The summed E-state index contributed by atoms with van der Waals surface area (Å²) in [6.07, 6.45) is 6.51. The van der Waals surface area contributed by atoms with Crippen LogP contribution in [0.4, 0.5) is 4.39 Å². The number of nitrogens with zero attached hydrogens (tertiary/aromatic N) is 2. The van der Waals surface area contributed by atoms with Crippen molar-refractivity contribution in [1.82, 2.24) is 9.78 Å². The van der Waals surface area contributed by atoms with Crippen molar-refractivity contribution in [3.63, 3.8) is 0 Å². The Morgan fingerprint density at radius 1 is 1.38 bits per heavy atom. The van der Waals surface area contributed by atoms with Crippen molar-refractivity contribution in [3.05, 3.63) is 82.3 Å². The lowest BCUT2D eigenvalue weighted by Gasteiger charge is -2.10. The summed E-state index contributed by atoms with van der Waals surface area (Å²) in [4.78, 5) is 0. The maximum atomic E-state index is 14.5. The van der Waals surface area contributed by atoms with Crippen LogP contribution in [0.3, 0.4) is 0 Å². The molecule has 1 aromatic heterocycles. The van der Waals surface area contributed by atoms with Crippen LogP contribution in [0.1, 0.15) is 29.4 Å². The Balaban J connectivity index is 2.50. The Labute approximate surface area is 155 Å². The molecular weight excluding hydrogens is 351 g/mol. The average molecular weight is 374 g/mol. The van der Waals surface area contributed by atoms with E-state index in [1.807, 2.05) is 25.1 Å². The van der Waals surface area contributed by atoms with Crippen molar-refractivity contribution in [2.75, 3.05) is 6.26 Å². The van der Waals surface area contributed by atoms with Gasteiger partial charge in [-0.25, -0.2) is 9.07 Å². The maximum Gasteiger partial charge on any atom is 0.144 e. The zero-order chi connectivity index (χ0) is 19.1. The highest BCUT2D eigenvalue weighted by atomic mass is 32.2. The molecule has 1 atom stereocenters. The zero-order valence-electron chi connectivity index (χ0n) is 15.1. The second-order valence-corrected chi connectivity index (χ2v) is 7.15. The Kier molecular flexibility index (Phi) is 7.24. The first-order valence-electron chi connectivity index (χ1n) is 8.22. The van der Waals surface area contributed by atoms with E-state index >= 15 is 0 Å². The van der Waals surface area contributed by atoms with Crippen LogP contribution in [0.15, 0.2) is 59.8 Å². The minimum atomic E-state index is -1.13. The number of aliphatic hydroxyl groups is 1. The van der Waals surface area contributed by atoms with E-state index in [0.717, 1.165) is 16.8 Å². The second kappa shape index (κ2) is 9.40. The van der Waals surface area contributed by atoms with Gasteiger partial charge in [0.1, 0.15) is 11.5 Å². The summed E-state index contributed by atoms with van der Waals surface area (Å²) in [5, 5.41) is 15.2. The monoisotopic (exact) mass is 374 g/mol. The normalized spacial score (nSPS) is 14.2. The molecule has 1 N–H and O–H groups in total. The first-order valence-corrected chi connectivity index (χ1v) is 9.84. The van der Waals surface area contributed by atoms with E-state index in [-0.39, 0.29) is 12.3 Å². The molecule has 0 aliphatic rings. The Bertz CT molecular complexity index is 882. The Hall–Kier alpha value is -2.31. The first kappa shape index (κ1) is 20.0. The van der Waals surface area contributed by atoms with Crippen LogP contribution < -0.4 is 0 Å². The van der Waals surface area contributed by atoms with E-state index < -0.39 is 16.6 Å². The molecule has 0 fully saturated rings. The van der Waals surface area contributed by atoms with Gasteiger partial charge in [0, 0.05) is 34.6 Å². The molecule has 0 radical (unpaired) electrons. The Morgan fingerprint density at radius 3 is 2.77 bits per heavy atom. The number of hydrogen-bond acceptors (Lipinski definition) is 3. The van der Waals surface area contributed by atoms with Crippen LogP contribution in [0.2, 0.25) is 0 Å². The fourth-order valence-electron chi connectivity index (χ4n) is 2.56. The van der Waals surface area contributed by atoms with Gasteiger partial charge >= 0.3 is 0 Å².